The largest absolute Gasteiger partial charge is 0.497 e. The molecule has 36 heavy (non-hydrogen) atoms. The van der Waals surface area contributed by atoms with Crippen LogP contribution in [0.25, 0.3) is 22.2 Å². The summed E-state index contributed by atoms with van der Waals surface area (Å²) in [5, 5.41) is 29.3. The Kier molecular flexibility index (Phi) is 5.52. The second kappa shape index (κ2) is 8.70. The van der Waals surface area contributed by atoms with Crippen molar-refractivity contribution in [2.45, 2.75) is 32.0 Å². The van der Waals surface area contributed by atoms with Gasteiger partial charge < -0.3 is 19.7 Å². The van der Waals surface area contributed by atoms with Gasteiger partial charge in [-0.15, -0.1) is 10.2 Å². The Morgan fingerprint density at radius 3 is 2.75 bits per heavy atom. The number of benzene rings is 1. The summed E-state index contributed by atoms with van der Waals surface area (Å²) in [7, 11) is 1.53. The number of tetrazole rings is 1. The topological polar surface area (TPSA) is 149 Å². The minimum atomic E-state index is -1.62. The van der Waals surface area contributed by atoms with E-state index in [-0.39, 0.29) is 18.5 Å². The predicted octanol–water partition coefficient (Wildman–Crippen LogP) is 1.61. The lowest BCUT2D eigenvalue weighted by molar-refractivity contribution is -0.122. The molecule has 182 valence electrons. The smallest absolute Gasteiger partial charge is 0.323 e. The highest BCUT2D eigenvalue weighted by atomic mass is 16.5. The Hall–Kier alpha value is -4.92. The molecule has 0 saturated carbocycles. The van der Waals surface area contributed by atoms with Crippen molar-refractivity contribution >= 4 is 22.7 Å². The summed E-state index contributed by atoms with van der Waals surface area (Å²) < 4.78 is 6.69. The van der Waals surface area contributed by atoms with Crippen LogP contribution in [0.2, 0.25) is 0 Å². The minimum absolute atomic E-state index is 0.0503. The summed E-state index contributed by atoms with van der Waals surface area (Å²) in [4.78, 5) is 30.6. The van der Waals surface area contributed by atoms with E-state index in [1.807, 2.05) is 13.8 Å². The van der Waals surface area contributed by atoms with Gasteiger partial charge in [0, 0.05) is 40.5 Å². The second-order valence-corrected chi connectivity index (χ2v) is 8.59. The average Bonchev–Trinajstić information content (AvgIpc) is 3.55. The van der Waals surface area contributed by atoms with Crippen molar-refractivity contribution in [3.8, 4) is 34.9 Å². The number of aromatic nitrogens is 6. The molecule has 0 spiro atoms. The summed E-state index contributed by atoms with van der Waals surface area (Å²) in [5.41, 5.74) is -0.540. The standard InChI is InChI=1S/C24H22N8O4/c1-14(2)32-29-20(28-30-32)17-8-15(10-25-11-17)6-7-24(22(34)26-23(35)27-24)13-31-12-16-4-5-18(36-3)9-19(16)21(31)33/h4-5,8-12,14,33H,13H2,1-3H3,(H2,26,27,34,35)/t24-/m1/s1. The van der Waals surface area contributed by atoms with Crippen LogP contribution in [0.4, 0.5) is 4.79 Å². The zero-order chi connectivity index (χ0) is 25.4. The van der Waals surface area contributed by atoms with Gasteiger partial charge in [0.2, 0.25) is 11.4 Å². The van der Waals surface area contributed by atoms with Crippen molar-refractivity contribution in [2.24, 2.45) is 0 Å². The molecule has 12 nitrogen and oxygen atoms in total. The average molecular weight is 486 g/mol. The van der Waals surface area contributed by atoms with Crippen molar-refractivity contribution in [1.29, 1.82) is 0 Å². The third-order valence-corrected chi connectivity index (χ3v) is 5.72. The Morgan fingerprint density at radius 1 is 1.22 bits per heavy atom. The molecule has 1 aliphatic rings. The van der Waals surface area contributed by atoms with Crippen LogP contribution in [-0.2, 0) is 11.3 Å². The number of hydrogen-bond acceptors (Lipinski definition) is 8. The maximum atomic E-state index is 12.9. The fourth-order valence-electron chi connectivity index (χ4n) is 3.83. The van der Waals surface area contributed by atoms with Gasteiger partial charge in [-0.2, -0.15) is 4.80 Å². The van der Waals surface area contributed by atoms with Gasteiger partial charge in [0.25, 0.3) is 5.91 Å². The summed E-state index contributed by atoms with van der Waals surface area (Å²) in [6.45, 7) is 3.75. The van der Waals surface area contributed by atoms with Crippen LogP contribution in [0.3, 0.4) is 0 Å². The first-order valence-electron chi connectivity index (χ1n) is 11.1. The lowest BCUT2D eigenvalue weighted by Gasteiger charge is -2.20. The Balaban J connectivity index is 1.50. The first-order valence-corrected chi connectivity index (χ1v) is 11.1. The molecule has 1 saturated heterocycles. The van der Waals surface area contributed by atoms with E-state index < -0.39 is 17.5 Å². The fraction of sp³-hybridized carbons (Fsp3) is 0.250. The summed E-state index contributed by atoms with van der Waals surface area (Å²) in [6, 6.07) is 6.34. The molecule has 12 heteroatoms. The second-order valence-electron chi connectivity index (χ2n) is 8.59. The number of hydrogen-bond donors (Lipinski definition) is 3. The number of pyridine rings is 1. The molecule has 5 rings (SSSR count). The molecular formula is C24H22N8O4. The molecule has 0 radical (unpaired) electrons. The predicted molar refractivity (Wildman–Crippen MR) is 128 cm³/mol. The maximum Gasteiger partial charge on any atom is 0.323 e. The van der Waals surface area contributed by atoms with Crippen LogP contribution in [-0.4, -0.2) is 59.5 Å². The SMILES string of the molecule is COc1ccc2cn(C[C@@]3(C#Cc4cncc(-c5nnn(C(C)C)n5)c4)NC(=O)NC3=O)c(O)c2c1. The number of carbonyl (C=O) groups is 2. The zero-order valence-electron chi connectivity index (χ0n) is 19.7. The Bertz CT molecular complexity index is 1560. The number of carbonyl (C=O) groups excluding carboxylic acids is 2. The molecular weight excluding hydrogens is 464 g/mol. The van der Waals surface area contributed by atoms with Crippen molar-refractivity contribution in [3.63, 3.8) is 0 Å². The Labute approximate surface area is 205 Å². The number of urea groups is 1. The number of aromatic hydroxyl groups is 1. The molecule has 3 amide bonds. The van der Waals surface area contributed by atoms with Crippen molar-refractivity contribution in [3.05, 3.63) is 48.4 Å². The van der Waals surface area contributed by atoms with Gasteiger partial charge in [0.1, 0.15) is 5.75 Å². The summed E-state index contributed by atoms with van der Waals surface area (Å²) in [6.07, 6.45) is 4.79. The molecule has 0 bridgehead atoms. The highest BCUT2D eigenvalue weighted by Crippen LogP contribution is 2.32. The van der Waals surface area contributed by atoms with Crippen LogP contribution < -0.4 is 15.4 Å². The van der Waals surface area contributed by atoms with Gasteiger partial charge in [0.05, 0.1) is 19.7 Å². The Morgan fingerprint density at radius 2 is 2.06 bits per heavy atom. The lowest BCUT2D eigenvalue weighted by atomic mass is 10.00. The number of nitrogens with one attached hydrogen (secondary N) is 2. The van der Waals surface area contributed by atoms with Crippen molar-refractivity contribution in [2.75, 3.05) is 7.11 Å². The van der Waals surface area contributed by atoms with Gasteiger partial charge in [0.15, 0.2) is 5.88 Å². The summed E-state index contributed by atoms with van der Waals surface area (Å²) >= 11 is 0. The van der Waals surface area contributed by atoms with Crippen LogP contribution >= 0.6 is 0 Å². The van der Waals surface area contributed by atoms with E-state index in [4.69, 9.17) is 4.74 Å². The highest BCUT2D eigenvalue weighted by Gasteiger charge is 2.46. The molecule has 0 unspecified atom stereocenters. The molecule has 1 aliphatic heterocycles. The molecule has 4 heterocycles. The normalized spacial score (nSPS) is 17.1. The molecule has 1 atom stereocenters. The molecule has 0 aliphatic carbocycles. The van der Waals surface area contributed by atoms with Crippen LogP contribution in [0.5, 0.6) is 11.6 Å². The van der Waals surface area contributed by atoms with Crippen LogP contribution in [0, 0.1) is 11.8 Å². The van der Waals surface area contributed by atoms with E-state index in [2.05, 4.69) is 42.9 Å². The number of amides is 3. The lowest BCUT2D eigenvalue weighted by Crippen LogP contribution is -2.49. The number of rotatable bonds is 5. The number of ether oxygens (including phenoxy) is 1. The first-order chi connectivity index (χ1) is 17.3. The third kappa shape index (κ3) is 4.07. The first kappa shape index (κ1) is 22.9. The molecule has 4 aromatic rings. The number of fused-ring (bicyclic) bond motifs is 1. The summed E-state index contributed by atoms with van der Waals surface area (Å²) in [5.74, 6) is 6.07. The van der Waals surface area contributed by atoms with Crippen molar-refractivity contribution < 1.29 is 19.4 Å². The van der Waals surface area contributed by atoms with E-state index in [0.29, 0.717) is 28.1 Å². The quantitative estimate of drug-likeness (QED) is 0.285. The molecule has 1 aromatic carbocycles. The number of nitrogens with zero attached hydrogens (tertiary/aromatic N) is 6. The molecule has 3 N–H and O–H groups in total. The van der Waals surface area contributed by atoms with Crippen LogP contribution in [0.15, 0.2) is 42.9 Å². The monoisotopic (exact) mass is 486 g/mol. The van der Waals surface area contributed by atoms with Gasteiger partial charge in [-0.1, -0.05) is 11.8 Å². The van der Waals surface area contributed by atoms with Crippen LogP contribution in [0.1, 0.15) is 25.5 Å². The van der Waals surface area contributed by atoms with E-state index in [0.717, 1.165) is 5.39 Å². The fourth-order valence-corrected chi connectivity index (χ4v) is 3.83. The van der Waals surface area contributed by atoms with E-state index in [9.17, 15) is 14.7 Å². The number of methoxy groups -OCH3 is 1. The van der Waals surface area contributed by atoms with E-state index in [1.54, 1.807) is 36.7 Å². The molecule has 1 fully saturated rings. The van der Waals surface area contributed by atoms with Gasteiger partial charge in [-0.3, -0.25) is 15.1 Å². The van der Waals surface area contributed by atoms with E-state index >= 15 is 0 Å². The molecule has 3 aromatic heterocycles. The highest BCUT2D eigenvalue weighted by molar-refractivity contribution is 6.09. The zero-order valence-corrected chi connectivity index (χ0v) is 19.7. The van der Waals surface area contributed by atoms with Crippen molar-refractivity contribution in [1.82, 2.24) is 40.4 Å². The maximum absolute atomic E-state index is 12.9. The number of imide groups is 1. The van der Waals surface area contributed by atoms with E-state index in [1.165, 1.54) is 22.7 Å². The van der Waals surface area contributed by atoms with Gasteiger partial charge in [-0.05, 0) is 43.3 Å². The van der Waals surface area contributed by atoms with Gasteiger partial charge in [-0.25, -0.2) is 4.79 Å². The third-order valence-electron chi connectivity index (χ3n) is 5.72. The van der Waals surface area contributed by atoms with Gasteiger partial charge >= 0.3 is 6.03 Å². The minimum Gasteiger partial charge on any atom is -0.497 e.